The summed E-state index contributed by atoms with van der Waals surface area (Å²) < 4.78 is 88.9. The molecular weight excluding hydrogens is 645 g/mol. The second-order valence-electron chi connectivity index (χ2n) is 9.24. The van der Waals surface area contributed by atoms with Crippen molar-refractivity contribution in [3.05, 3.63) is 91.0 Å². The summed E-state index contributed by atoms with van der Waals surface area (Å²) in [7, 11) is -9.65. The van der Waals surface area contributed by atoms with Gasteiger partial charge in [-0.15, -0.1) is 10.2 Å². The molecule has 16 heteroatoms. The van der Waals surface area contributed by atoms with Gasteiger partial charge in [-0.25, -0.2) is 0 Å². The summed E-state index contributed by atoms with van der Waals surface area (Å²) >= 11 is 0. The quantitative estimate of drug-likeness (QED) is 0.114. The van der Waals surface area contributed by atoms with E-state index < -0.39 is 35.2 Å². The average molecular weight is 669 g/mol. The molecule has 0 N–H and O–H groups in total. The van der Waals surface area contributed by atoms with Crippen LogP contribution in [0.4, 0.5) is 22.7 Å². The molecule has 0 spiro atoms. The lowest BCUT2D eigenvalue weighted by Gasteiger charge is -2.10. The van der Waals surface area contributed by atoms with Crippen molar-refractivity contribution < 1.29 is 37.8 Å². The van der Waals surface area contributed by atoms with Crippen molar-refractivity contribution in [1.82, 2.24) is 0 Å². The van der Waals surface area contributed by atoms with Crippen LogP contribution >= 0.6 is 0 Å². The highest BCUT2D eigenvalue weighted by Gasteiger charge is 2.23. The fourth-order valence-electron chi connectivity index (χ4n) is 4.34. The maximum Gasteiger partial charge on any atom is 0.297 e. The van der Waals surface area contributed by atoms with Gasteiger partial charge < -0.3 is 0 Å². The van der Waals surface area contributed by atoms with Crippen LogP contribution < -0.4 is 0 Å². The summed E-state index contributed by atoms with van der Waals surface area (Å²) in [4.78, 5) is -0.893. The van der Waals surface area contributed by atoms with Crippen LogP contribution in [0.5, 0.6) is 0 Å². The normalized spacial score (nSPS) is 13.0. The minimum atomic E-state index is -4.30. The van der Waals surface area contributed by atoms with Crippen LogP contribution in [0.25, 0.3) is 21.5 Å². The van der Waals surface area contributed by atoms with Crippen molar-refractivity contribution in [2.24, 2.45) is 20.5 Å². The molecule has 0 aromatic heterocycles. The molecule has 0 unspecified atom stereocenters. The van der Waals surface area contributed by atoms with E-state index in [4.69, 9.17) is 0 Å². The fraction of sp³-hybridized carbons (Fsp3) is 0.103. The third-order valence-corrected chi connectivity index (χ3v) is 10.5. The smallest absolute Gasteiger partial charge is 0.270 e. The predicted octanol–water partition coefficient (Wildman–Crippen LogP) is 6.83. The maximum absolute atomic E-state index is 12.6. The number of nitrogens with zero attached hydrogens (tertiary/aromatic N) is 4. The summed E-state index contributed by atoms with van der Waals surface area (Å²) in [5, 5.41) is 18.5. The van der Waals surface area contributed by atoms with E-state index in [1.54, 1.807) is 30.3 Å². The van der Waals surface area contributed by atoms with Crippen LogP contribution in [0.1, 0.15) is 0 Å². The van der Waals surface area contributed by atoms with E-state index in [0.29, 0.717) is 22.1 Å². The Bertz CT molecular complexity index is 2330. The lowest BCUT2D eigenvalue weighted by molar-refractivity contribution is 0.395. The molecule has 0 amide bonds. The van der Waals surface area contributed by atoms with E-state index >= 15 is 0 Å². The zero-order valence-corrected chi connectivity index (χ0v) is 26.3. The molecule has 13 nitrogen and oxygen atoms in total. The molecule has 0 bridgehead atoms. The zero-order valence-electron chi connectivity index (χ0n) is 23.8. The van der Waals surface area contributed by atoms with Gasteiger partial charge in [0.25, 0.3) is 30.4 Å². The summed E-state index contributed by atoms with van der Waals surface area (Å²) in [5.74, 6) is 0. The first kappa shape index (κ1) is 32.0. The first-order valence-corrected chi connectivity index (χ1v) is 17.1. The Kier molecular flexibility index (Phi) is 8.88. The summed E-state index contributed by atoms with van der Waals surface area (Å²) in [6, 6.07) is 23.2. The molecule has 5 aromatic rings. The van der Waals surface area contributed by atoms with Gasteiger partial charge in [-0.1, -0.05) is 30.3 Å². The predicted molar refractivity (Wildman–Crippen MR) is 165 cm³/mol. The summed E-state index contributed by atoms with van der Waals surface area (Å²) in [6.45, 7) is 0. The Morgan fingerprint density at radius 1 is 0.467 bits per heavy atom. The van der Waals surface area contributed by atoms with Crippen LogP contribution in [-0.4, -0.2) is 46.6 Å². The number of rotatable bonds is 10. The van der Waals surface area contributed by atoms with Gasteiger partial charge in [-0.2, -0.15) is 35.5 Å². The van der Waals surface area contributed by atoms with E-state index in [0.717, 1.165) is 27.4 Å². The molecule has 5 aromatic carbocycles. The van der Waals surface area contributed by atoms with Crippen LogP contribution in [0.2, 0.25) is 0 Å². The lowest BCUT2D eigenvalue weighted by Crippen LogP contribution is -2.08. The third-order valence-electron chi connectivity index (χ3n) is 6.62. The number of hydrogen-bond donors (Lipinski definition) is 0. The Hall–Kier alpha value is -4.45. The number of hydrogen-bond acceptors (Lipinski definition) is 13. The van der Waals surface area contributed by atoms with Crippen LogP contribution in [0.3, 0.4) is 0 Å². The molecule has 0 saturated heterocycles. The van der Waals surface area contributed by atoms with E-state index in [1.165, 1.54) is 36.4 Å². The van der Waals surface area contributed by atoms with Crippen LogP contribution in [0.15, 0.2) is 126 Å². The van der Waals surface area contributed by atoms with Crippen molar-refractivity contribution >= 4 is 74.6 Å². The molecule has 0 aliphatic rings. The minimum absolute atomic E-state index is 0.115. The van der Waals surface area contributed by atoms with Gasteiger partial charge in [-0.3, -0.25) is 12.5 Å². The largest absolute Gasteiger partial charge is 0.297 e. The zero-order chi connectivity index (χ0) is 32.4. The Morgan fingerprint density at radius 2 is 1.04 bits per heavy atom. The van der Waals surface area contributed by atoms with Gasteiger partial charge in [0.2, 0.25) is 0 Å². The van der Waals surface area contributed by atoms with Crippen molar-refractivity contribution in [2.45, 2.75) is 14.7 Å². The topological polar surface area (TPSA) is 180 Å². The monoisotopic (exact) mass is 668 g/mol. The van der Waals surface area contributed by atoms with Gasteiger partial charge in [0.1, 0.15) is 4.90 Å². The van der Waals surface area contributed by atoms with Crippen molar-refractivity contribution in [1.29, 1.82) is 0 Å². The molecule has 0 saturated carbocycles. The van der Waals surface area contributed by atoms with Gasteiger partial charge in [0, 0.05) is 16.2 Å². The highest BCUT2D eigenvalue weighted by molar-refractivity contribution is 7.87. The van der Waals surface area contributed by atoms with Gasteiger partial charge in [-0.05, 0) is 66.0 Å². The molecule has 0 aliphatic carbocycles. The summed E-state index contributed by atoms with van der Waals surface area (Å²) in [5.41, 5.74) is 1.57. The van der Waals surface area contributed by atoms with Crippen molar-refractivity contribution in [3.63, 3.8) is 0 Å². The fourth-order valence-corrected chi connectivity index (χ4v) is 6.73. The molecule has 45 heavy (non-hydrogen) atoms. The van der Waals surface area contributed by atoms with E-state index in [1.807, 2.05) is 18.2 Å². The van der Waals surface area contributed by atoms with Gasteiger partial charge >= 0.3 is 0 Å². The molecule has 0 aliphatic heterocycles. The first-order chi connectivity index (χ1) is 21.4. The third kappa shape index (κ3) is 6.65. The van der Waals surface area contributed by atoms with Crippen molar-refractivity contribution in [2.75, 3.05) is 21.3 Å². The second kappa shape index (κ2) is 12.5. The Morgan fingerprint density at radius 3 is 1.69 bits per heavy atom. The SMILES string of the molecule is COS(=O)(=O)c1cc(S(=O)(=O)OC)c2ccc(N=Nc3ccc(N=Nc4ccccc4)c4ccc(S(=O)(=O)OC)cc34)cc2c1. The van der Waals surface area contributed by atoms with Crippen molar-refractivity contribution in [3.8, 4) is 0 Å². The van der Waals surface area contributed by atoms with Gasteiger partial charge in [0.15, 0.2) is 0 Å². The molecule has 5 rings (SSSR count). The molecule has 0 heterocycles. The van der Waals surface area contributed by atoms with Gasteiger partial charge in [0.05, 0.1) is 53.9 Å². The van der Waals surface area contributed by atoms with E-state index in [9.17, 15) is 25.3 Å². The van der Waals surface area contributed by atoms with E-state index in [-0.39, 0.29) is 31.9 Å². The molecule has 232 valence electrons. The summed E-state index contributed by atoms with van der Waals surface area (Å²) in [6.07, 6.45) is 0. The molecule has 0 atom stereocenters. The second-order valence-corrected chi connectivity index (χ2v) is 14.3. The highest BCUT2D eigenvalue weighted by atomic mass is 32.2. The molecular formula is C29H24N4O9S3. The first-order valence-electron chi connectivity index (χ1n) is 12.8. The average Bonchev–Trinajstić information content (AvgIpc) is 3.05. The Balaban J connectivity index is 1.64. The Labute approximate surface area is 259 Å². The maximum atomic E-state index is 12.6. The van der Waals surface area contributed by atoms with E-state index in [2.05, 4.69) is 33.0 Å². The highest BCUT2D eigenvalue weighted by Crippen LogP contribution is 2.38. The molecule has 0 radical (unpaired) electrons. The standard InChI is InChI=1S/C29H24N4O9S3/c1-40-43(34,35)22-10-12-25-26(17-22)28(14-13-27(25)32-30-20-7-5-4-6-8-20)33-31-21-9-11-24-19(15-21)16-23(44(36,37)41-2)18-29(24)45(38,39)42-3/h4-18H,1-3H3. The number of azo groups is 2. The van der Waals surface area contributed by atoms with Crippen LogP contribution in [0, 0.1) is 0 Å². The minimum Gasteiger partial charge on any atom is -0.270 e. The molecule has 0 fully saturated rings. The number of fused-ring (bicyclic) bond motifs is 2. The van der Waals surface area contributed by atoms with Crippen LogP contribution in [-0.2, 0) is 42.9 Å². The number of benzene rings is 5. The lowest BCUT2D eigenvalue weighted by atomic mass is 10.1.